The zero-order valence-corrected chi connectivity index (χ0v) is 10.4. The highest BCUT2D eigenvalue weighted by atomic mass is 16.5. The van der Waals surface area contributed by atoms with Crippen LogP contribution in [0.1, 0.15) is 20.3 Å². The smallest absolute Gasteiger partial charge is 0.224 e. The summed E-state index contributed by atoms with van der Waals surface area (Å²) in [5.41, 5.74) is 5.56. The Morgan fingerprint density at radius 1 is 1.50 bits per heavy atom. The van der Waals surface area contributed by atoms with E-state index in [1.165, 1.54) is 0 Å². The Bertz CT molecular complexity index is 192. The Hall–Kier alpha value is -0.650. The molecule has 0 aromatic carbocycles. The van der Waals surface area contributed by atoms with Crippen LogP contribution in [0.15, 0.2) is 0 Å². The van der Waals surface area contributed by atoms with Crippen LogP contribution in [0.5, 0.6) is 0 Å². The third-order valence-corrected chi connectivity index (χ3v) is 2.59. The fourth-order valence-corrected chi connectivity index (χ4v) is 1.54. The maximum atomic E-state index is 11.8. The molecule has 0 aliphatic rings. The van der Waals surface area contributed by atoms with E-state index in [2.05, 4.69) is 5.32 Å². The van der Waals surface area contributed by atoms with Gasteiger partial charge in [0.15, 0.2) is 0 Å². The first-order chi connectivity index (χ1) is 7.56. The van der Waals surface area contributed by atoms with E-state index in [1.807, 2.05) is 13.8 Å². The van der Waals surface area contributed by atoms with Crippen molar-refractivity contribution in [3.8, 4) is 0 Å². The summed E-state index contributed by atoms with van der Waals surface area (Å²) in [7, 11) is 1.57. The van der Waals surface area contributed by atoms with E-state index < -0.39 is 0 Å². The Morgan fingerprint density at radius 3 is 2.50 bits per heavy atom. The molecule has 0 aliphatic carbocycles. The van der Waals surface area contributed by atoms with Crippen molar-refractivity contribution in [1.29, 1.82) is 0 Å². The Morgan fingerprint density at radius 2 is 2.12 bits per heavy atom. The Labute approximate surface area is 97.3 Å². The van der Waals surface area contributed by atoms with E-state index in [1.54, 1.807) is 7.11 Å². The Kier molecular flexibility index (Phi) is 8.15. The fourth-order valence-electron chi connectivity index (χ4n) is 1.54. The predicted molar refractivity (Wildman–Crippen MR) is 62.9 cm³/mol. The molecule has 0 rings (SSSR count). The van der Waals surface area contributed by atoms with Gasteiger partial charge in [-0.05, 0) is 12.3 Å². The molecule has 96 valence electrons. The molecule has 0 spiro atoms. The van der Waals surface area contributed by atoms with E-state index in [-0.39, 0.29) is 30.4 Å². The molecule has 0 aliphatic heterocycles. The number of methoxy groups -OCH3 is 1. The van der Waals surface area contributed by atoms with Crippen LogP contribution in [0.25, 0.3) is 0 Å². The summed E-state index contributed by atoms with van der Waals surface area (Å²) < 4.78 is 4.97. The first-order valence-electron chi connectivity index (χ1n) is 5.67. The van der Waals surface area contributed by atoms with Gasteiger partial charge in [0.05, 0.1) is 18.6 Å². The van der Waals surface area contributed by atoms with Crippen LogP contribution in [-0.2, 0) is 9.53 Å². The lowest BCUT2D eigenvalue weighted by atomic mass is 9.95. The maximum Gasteiger partial charge on any atom is 0.224 e. The average Bonchev–Trinajstić information content (AvgIpc) is 2.18. The van der Waals surface area contributed by atoms with Gasteiger partial charge < -0.3 is 20.9 Å². The highest BCUT2D eigenvalue weighted by Gasteiger charge is 2.22. The van der Waals surface area contributed by atoms with Crippen LogP contribution >= 0.6 is 0 Å². The molecule has 0 heterocycles. The van der Waals surface area contributed by atoms with E-state index >= 15 is 0 Å². The molecule has 0 aromatic heterocycles. The third kappa shape index (κ3) is 5.44. The number of ether oxygens (including phenoxy) is 1. The summed E-state index contributed by atoms with van der Waals surface area (Å²) in [4.78, 5) is 11.8. The second kappa shape index (κ2) is 8.50. The van der Waals surface area contributed by atoms with Crippen molar-refractivity contribution in [3.05, 3.63) is 0 Å². The van der Waals surface area contributed by atoms with Gasteiger partial charge in [0.1, 0.15) is 0 Å². The minimum atomic E-state index is -0.182. The van der Waals surface area contributed by atoms with E-state index in [9.17, 15) is 4.79 Å². The number of carbonyl (C=O) groups is 1. The highest BCUT2D eigenvalue weighted by molar-refractivity contribution is 5.79. The summed E-state index contributed by atoms with van der Waals surface area (Å²) in [5.74, 6) is -0.0339. The number of rotatable bonds is 8. The van der Waals surface area contributed by atoms with Gasteiger partial charge in [0.25, 0.3) is 0 Å². The summed E-state index contributed by atoms with van der Waals surface area (Å²) in [6.07, 6.45) is 0.495. The van der Waals surface area contributed by atoms with Gasteiger partial charge in [-0.1, -0.05) is 13.8 Å². The molecule has 0 saturated carbocycles. The van der Waals surface area contributed by atoms with Crippen molar-refractivity contribution < 1.29 is 14.6 Å². The molecule has 0 saturated heterocycles. The number of aliphatic hydroxyl groups is 1. The third-order valence-electron chi connectivity index (χ3n) is 2.59. The number of nitrogens with two attached hydrogens (primary N) is 1. The second-order valence-electron chi connectivity index (χ2n) is 4.26. The van der Waals surface area contributed by atoms with E-state index in [4.69, 9.17) is 15.6 Å². The normalized spacial score (nSPS) is 14.9. The molecular weight excluding hydrogens is 208 g/mol. The van der Waals surface area contributed by atoms with Crippen molar-refractivity contribution in [2.24, 2.45) is 17.6 Å². The number of amides is 1. The lowest BCUT2D eigenvalue weighted by Gasteiger charge is -2.23. The zero-order valence-electron chi connectivity index (χ0n) is 10.4. The molecule has 0 bridgehead atoms. The quantitative estimate of drug-likeness (QED) is 0.538. The number of hydrogen-bond donors (Lipinski definition) is 3. The van der Waals surface area contributed by atoms with Crippen molar-refractivity contribution in [2.45, 2.75) is 26.3 Å². The van der Waals surface area contributed by atoms with Crippen LogP contribution in [0.2, 0.25) is 0 Å². The van der Waals surface area contributed by atoms with Crippen molar-refractivity contribution in [1.82, 2.24) is 5.32 Å². The first kappa shape index (κ1) is 15.3. The highest BCUT2D eigenvalue weighted by Crippen LogP contribution is 2.09. The van der Waals surface area contributed by atoms with Gasteiger partial charge in [-0.3, -0.25) is 4.79 Å². The van der Waals surface area contributed by atoms with Crippen LogP contribution in [0.4, 0.5) is 0 Å². The Balaban J connectivity index is 4.25. The topological polar surface area (TPSA) is 84.6 Å². The lowest BCUT2D eigenvalue weighted by molar-refractivity contribution is -0.127. The minimum absolute atomic E-state index is 0.0310. The number of hydrogen-bond acceptors (Lipinski definition) is 4. The minimum Gasteiger partial charge on any atom is -0.396 e. The molecule has 16 heavy (non-hydrogen) atoms. The molecule has 0 radical (unpaired) electrons. The summed E-state index contributed by atoms with van der Waals surface area (Å²) in [6, 6.07) is -0.143. The van der Waals surface area contributed by atoms with Gasteiger partial charge >= 0.3 is 0 Å². The first-order valence-corrected chi connectivity index (χ1v) is 5.67. The van der Waals surface area contributed by atoms with Crippen LogP contribution in [0, 0.1) is 11.8 Å². The average molecular weight is 232 g/mol. The largest absolute Gasteiger partial charge is 0.396 e. The van der Waals surface area contributed by atoms with Gasteiger partial charge in [0, 0.05) is 20.3 Å². The summed E-state index contributed by atoms with van der Waals surface area (Å²) >= 11 is 0. The van der Waals surface area contributed by atoms with Crippen LogP contribution < -0.4 is 11.1 Å². The molecule has 2 unspecified atom stereocenters. The van der Waals surface area contributed by atoms with E-state index in [0.29, 0.717) is 19.6 Å². The van der Waals surface area contributed by atoms with Crippen LogP contribution in [-0.4, -0.2) is 43.9 Å². The number of aliphatic hydroxyl groups excluding tert-OH is 1. The van der Waals surface area contributed by atoms with Crippen molar-refractivity contribution in [3.63, 3.8) is 0 Å². The molecule has 2 atom stereocenters. The standard InChI is InChI=1S/C11H24N2O3/c1-8(2)10(6-12)11(15)13-9(4-5-14)7-16-3/h8-10,14H,4-7,12H2,1-3H3,(H,13,15). The molecular formula is C11H24N2O3. The lowest BCUT2D eigenvalue weighted by Crippen LogP contribution is -2.45. The van der Waals surface area contributed by atoms with Gasteiger partial charge in [0.2, 0.25) is 5.91 Å². The summed E-state index contributed by atoms with van der Waals surface area (Å²) in [6.45, 7) is 4.70. The maximum absolute atomic E-state index is 11.8. The van der Waals surface area contributed by atoms with Gasteiger partial charge in [-0.25, -0.2) is 0 Å². The summed E-state index contributed by atoms with van der Waals surface area (Å²) in [5, 5.41) is 11.7. The van der Waals surface area contributed by atoms with Crippen molar-refractivity contribution in [2.75, 3.05) is 26.9 Å². The van der Waals surface area contributed by atoms with Crippen molar-refractivity contribution >= 4 is 5.91 Å². The SMILES string of the molecule is COCC(CCO)NC(=O)C(CN)C(C)C. The molecule has 5 nitrogen and oxygen atoms in total. The number of nitrogens with one attached hydrogen (secondary N) is 1. The second-order valence-corrected chi connectivity index (χ2v) is 4.26. The number of carbonyl (C=O) groups excluding carboxylic acids is 1. The van der Waals surface area contributed by atoms with E-state index in [0.717, 1.165) is 0 Å². The monoisotopic (exact) mass is 232 g/mol. The van der Waals surface area contributed by atoms with Crippen LogP contribution in [0.3, 0.4) is 0 Å². The zero-order chi connectivity index (χ0) is 12.6. The predicted octanol–water partition coefficient (Wildman–Crippen LogP) is -0.269. The molecule has 1 amide bonds. The van der Waals surface area contributed by atoms with Gasteiger partial charge in [-0.15, -0.1) is 0 Å². The van der Waals surface area contributed by atoms with Gasteiger partial charge in [-0.2, -0.15) is 0 Å². The molecule has 0 aromatic rings. The molecule has 0 fully saturated rings. The molecule has 4 N–H and O–H groups in total. The fraction of sp³-hybridized carbons (Fsp3) is 0.909. The molecule has 5 heteroatoms.